The molecule has 0 aliphatic carbocycles. The van der Waals surface area contributed by atoms with E-state index in [4.69, 9.17) is 0 Å². The van der Waals surface area contributed by atoms with Crippen molar-refractivity contribution >= 4 is 28.3 Å². The minimum absolute atomic E-state index is 0.00179. The van der Waals surface area contributed by atoms with Crippen LogP contribution in [0.2, 0.25) is 0 Å². The summed E-state index contributed by atoms with van der Waals surface area (Å²) in [5.41, 5.74) is 1.92. The Kier molecular flexibility index (Phi) is 5.32. The van der Waals surface area contributed by atoms with Crippen LogP contribution in [0.15, 0.2) is 66.7 Å². The smallest absolute Gasteiger partial charge is 0.256 e. The van der Waals surface area contributed by atoms with E-state index in [1.165, 1.54) is 0 Å². The van der Waals surface area contributed by atoms with Gasteiger partial charge in [-0.05, 0) is 55.0 Å². The van der Waals surface area contributed by atoms with E-state index in [2.05, 4.69) is 5.32 Å². The van der Waals surface area contributed by atoms with Crippen LogP contribution in [-0.4, -0.2) is 29.8 Å². The fourth-order valence-corrected chi connectivity index (χ4v) is 3.01. The van der Waals surface area contributed by atoms with Gasteiger partial charge in [0.1, 0.15) is 0 Å². The van der Waals surface area contributed by atoms with Gasteiger partial charge in [-0.2, -0.15) is 0 Å². The minimum Gasteiger partial charge on any atom is -0.339 e. The third kappa shape index (κ3) is 3.59. The third-order valence-electron chi connectivity index (χ3n) is 4.47. The number of benzene rings is 3. The molecule has 0 heterocycles. The normalized spacial score (nSPS) is 10.5. The zero-order valence-electron chi connectivity index (χ0n) is 15.0. The Morgan fingerprint density at radius 1 is 0.846 bits per heavy atom. The maximum atomic E-state index is 12.7. The van der Waals surface area contributed by atoms with Gasteiger partial charge in [0, 0.05) is 29.9 Å². The highest BCUT2D eigenvalue weighted by atomic mass is 16.2. The Morgan fingerprint density at radius 3 is 2.19 bits per heavy atom. The molecule has 132 valence electrons. The van der Waals surface area contributed by atoms with E-state index >= 15 is 0 Å². The van der Waals surface area contributed by atoms with Gasteiger partial charge in [-0.25, -0.2) is 0 Å². The lowest BCUT2D eigenvalue weighted by Crippen LogP contribution is -2.30. The second-order valence-electron chi connectivity index (χ2n) is 6.04. The van der Waals surface area contributed by atoms with E-state index in [-0.39, 0.29) is 11.8 Å². The molecule has 0 bridgehead atoms. The predicted octanol–water partition coefficient (Wildman–Crippen LogP) is 4.57. The summed E-state index contributed by atoms with van der Waals surface area (Å²) in [5, 5.41) is 4.86. The summed E-state index contributed by atoms with van der Waals surface area (Å²) in [6, 6.07) is 20.5. The number of carbonyl (C=O) groups is 2. The Balaban J connectivity index is 1.78. The second kappa shape index (κ2) is 7.83. The first-order valence-electron chi connectivity index (χ1n) is 8.82. The maximum absolute atomic E-state index is 12.7. The molecule has 0 radical (unpaired) electrons. The molecule has 2 amide bonds. The molecule has 26 heavy (non-hydrogen) atoms. The molecule has 1 N–H and O–H groups in total. The summed E-state index contributed by atoms with van der Waals surface area (Å²) >= 11 is 0. The first kappa shape index (κ1) is 17.7. The molecule has 4 heteroatoms. The summed E-state index contributed by atoms with van der Waals surface area (Å²) in [6.45, 7) is 5.27. The molecule has 0 unspecified atom stereocenters. The number of fused-ring (bicyclic) bond motifs is 1. The quantitative estimate of drug-likeness (QED) is 0.735. The number of rotatable bonds is 5. The summed E-state index contributed by atoms with van der Waals surface area (Å²) in [5.74, 6) is -0.161. The van der Waals surface area contributed by atoms with Crippen molar-refractivity contribution in [3.8, 4) is 0 Å². The van der Waals surface area contributed by atoms with Gasteiger partial charge in [-0.1, -0.05) is 36.4 Å². The number of hydrogen-bond acceptors (Lipinski definition) is 2. The molecule has 3 aromatic carbocycles. The average Bonchev–Trinajstić information content (AvgIpc) is 2.69. The van der Waals surface area contributed by atoms with Crippen molar-refractivity contribution in [3.63, 3.8) is 0 Å². The van der Waals surface area contributed by atoms with Crippen LogP contribution < -0.4 is 5.32 Å². The molecular formula is C22H22N2O2. The molecule has 0 aliphatic rings. The summed E-state index contributed by atoms with van der Waals surface area (Å²) in [7, 11) is 0. The van der Waals surface area contributed by atoms with Crippen LogP contribution in [0.3, 0.4) is 0 Å². The van der Waals surface area contributed by atoms with Crippen LogP contribution in [0, 0.1) is 0 Å². The topological polar surface area (TPSA) is 49.4 Å². The molecule has 0 atom stereocenters. The molecule has 3 rings (SSSR count). The largest absolute Gasteiger partial charge is 0.339 e. The van der Waals surface area contributed by atoms with Crippen LogP contribution in [0.1, 0.15) is 34.6 Å². The Morgan fingerprint density at radius 2 is 1.50 bits per heavy atom. The van der Waals surface area contributed by atoms with Crippen LogP contribution in [-0.2, 0) is 0 Å². The lowest BCUT2D eigenvalue weighted by molar-refractivity contribution is 0.0773. The van der Waals surface area contributed by atoms with Crippen LogP contribution in [0.5, 0.6) is 0 Å². The average molecular weight is 346 g/mol. The van der Waals surface area contributed by atoms with Gasteiger partial charge >= 0.3 is 0 Å². The molecule has 0 saturated carbocycles. The van der Waals surface area contributed by atoms with Gasteiger partial charge in [0.05, 0.1) is 0 Å². The predicted molar refractivity (Wildman–Crippen MR) is 106 cm³/mol. The summed E-state index contributed by atoms with van der Waals surface area (Å²) < 4.78 is 0. The number of anilines is 1. The number of nitrogens with zero attached hydrogens (tertiary/aromatic N) is 1. The summed E-state index contributed by atoms with van der Waals surface area (Å²) in [6.07, 6.45) is 0. The lowest BCUT2D eigenvalue weighted by Gasteiger charge is -2.18. The maximum Gasteiger partial charge on any atom is 0.256 e. The van der Waals surface area contributed by atoms with Gasteiger partial charge in [0.2, 0.25) is 0 Å². The highest BCUT2D eigenvalue weighted by Gasteiger charge is 2.13. The SMILES string of the molecule is CCN(CC)C(=O)c1ccc(NC(=O)c2cccc3ccccc23)cc1. The van der Waals surface area contributed by atoms with Crippen molar-refractivity contribution in [3.05, 3.63) is 77.9 Å². The fraction of sp³-hybridized carbons (Fsp3) is 0.182. The monoisotopic (exact) mass is 346 g/mol. The first-order chi connectivity index (χ1) is 12.6. The van der Waals surface area contributed by atoms with Crippen molar-refractivity contribution in [2.45, 2.75) is 13.8 Å². The fourth-order valence-electron chi connectivity index (χ4n) is 3.01. The minimum atomic E-state index is -0.162. The molecule has 0 fully saturated rings. The Labute approximate surface area is 153 Å². The standard InChI is InChI=1S/C22H22N2O2/c1-3-24(4-2)22(26)17-12-14-18(15-13-17)23-21(25)20-11-7-9-16-8-5-6-10-19(16)20/h5-15H,3-4H2,1-2H3,(H,23,25). The van der Waals surface area contributed by atoms with E-state index in [1.54, 1.807) is 29.2 Å². The number of carbonyl (C=O) groups excluding carboxylic acids is 2. The molecule has 0 aliphatic heterocycles. The molecule has 3 aromatic rings. The zero-order valence-corrected chi connectivity index (χ0v) is 15.0. The van der Waals surface area contributed by atoms with E-state index in [0.29, 0.717) is 29.9 Å². The van der Waals surface area contributed by atoms with E-state index < -0.39 is 0 Å². The van der Waals surface area contributed by atoms with Gasteiger partial charge in [0.25, 0.3) is 11.8 Å². The van der Waals surface area contributed by atoms with Gasteiger partial charge in [0.15, 0.2) is 0 Å². The van der Waals surface area contributed by atoms with E-state index in [1.807, 2.05) is 56.3 Å². The lowest BCUT2D eigenvalue weighted by atomic mass is 10.0. The van der Waals surface area contributed by atoms with Gasteiger partial charge in [-0.15, -0.1) is 0 Å². The Hall–Kier alpha value is -3.14. The van der Waals surface area contributed by atoms with Crippen LogP contribution in [0.25, 0.3) is 10.8 Å². The van der Waals surface area contributed by atoms with Crippen molar-refractivity contribution in [2.75, 3.05) is 18.4 Å². The van der Waals surface area contributed by atoms with Crippen molar-refractivity contribution in [1.29, 1.82) is 0 Å². The van der Waals surface area contributed by atoms with Gasteiger partial charge < -0.3 is 10.2 Å². The van der Waals surface area contributed by atoms with Crippen LogP contribution in [0.4, 0.5) is 5.69 Å². The number of nitrogens with one attached hydrogen (secondary N) is 1. The Bertz CT molecular complexity index is 923. The molecule has 0 aromatic heterocycles. The van der Waals surface area contributed by atoms with Crippen molar-refractivity contribution in [2.24, 2.45) is 0 Å². The zero-order chi connectivity index (χ0) is 18.5. The molecule has 0 spiro atoms. The first-order valence-corrected chi connectivity index (χ1v) is 8.82. The number of amides is 2. The van der Waals surface area contributed by atoms with Crippen LogP contribution >= 0.6 is 0 Å². The second-order valence-corrected chi connectivity index (χ2v) is 6.04. The van der Waals surface area contributed by atoms with Gasteiger partial charge in [-0.3, -0.25) is 9.59 Å². The highest BCUT2D eigenvalue weighted by Crippen LogP contribution is 2.20. The molecule has 0 saturated heterocycles. The van der Waals surface area contributed by atoms with E-state index in [0.717, 1.165) is 10.8 Å². The molecular weight excluding hydrogens is 324 g/mol. The highest BCUT2D eigenvalue weighted by molar-refractivity contribution is 6.13. The third-order valence-corrected chi connectivity index (χ3v) is 4.47. The van der Waals surface area contributed by atoms with Crippen molar-refractivity contribution < 1.29 is 9.59 Å². The summed E-state index contributed by atoms with van der Waals surface area (Å²) in [4.78, 5) is 26.8. The van der Waals surface area contributed by atoms with E-state index in [9.17, 15) is 9.59 Å². The van der Waals surface area contributed by atoms with Crippen molar-refractivity contribution in [1.82, 2.24) is 4.90 Å². The number of hydrogen-bond donors (Lipinski definition) is 1. The molecule has 4 nitrogen and oxygen atoms in total.